The molecule has 126 valence electrons. The maximum absolute atomic E-state index is 14.3. The number of ether oxygens (including phenoxy) is 1. The molecule has 1 N–H and O–H groups in total. The molecule has 0 unspecified atom stereocenters. The Morgan fingerprint density at radius 3 is 2.79 bits per heavy atom. The molecule has 24 heavy (non-hydrogen) atoms. The van der Waals surface area contributed by atoms with Gasteiger partial charge in [0.1, 0.15) is 16.9 Å². The Kier molecular flexibility index (Phi) is 4.00. The number of hydrogen-bond acceptors (Lipinski definition) is 4. The Bertz CT molecular complexity index is 965. The van der Waals surface area contributed by atoms with Gasteiger partial charge in [0.25, 0.3) is 18.0 Å². The maximum Gasteiger partial charge on any atom is 0.298 e. The first-order valence-corrected chi connectivity index (χ1v) is 7.11. The van der Waals surface area contributed by atoms with Crippen molar-refractivity contribution in [3.8, 4) is 11.7 Å². The predicted molar refractivity (Wildman–Crippen MR) is 80.3 cm³/mol. The summed E-state index contributed by atoms with van der Waals surface area (Å²) in [4.78, 5) is 18.4. The fourth-order valence-corrected chi connectivity index (χ4v) is 2.39. The van der Waals surface area contributed by atoms with E-state index < -0.39 is 29.1 Å². The summed E-state index contributed by atoms with van der Waals surface area (Å²) in [5.41, 5.74) is -1.14. The highest BCUT2D eigenvalue weighted by Crippen LogP contribution is 2.29. The van der Waals surface area contributed by atoms with Gasteiger partial charge >= 0.3 is 0 Å². The first-order valence-electron chi connectivity index (χ1n) is 7.11. The molecule has 3 rings (SSSR count). The van der Waals surface area contributed by atoms with Crippen LogP contribution in [0.15, 0.2) is 23.1 Å². The van der Waals surface area contributed by atoms with Crippen LogP contribution in [0.3, 0.4) is 0 Å². The van der Waals surface area contributed by atoms with E-state index in [0.29, 0.717) is 5.56 Å². The molecule has 1 aromatic carbocycles. The van der Waals surface area contributed by atoms with Crippen molar-refractivity contribution in [2.75, 3.05) is 6.61 Å². The third-order valence-corrected chi connectivity index (χ3v) is 3.35. The van der Waals surface area contributed by atoms with Crippen LogP contribution in [0.25, 0.3) is 16.7 Å². The van der Waals surface area contributed by atoms with Crippen LogP contribution < -0.4 is 10.3 Å². The van der Waals surface area contributed by atoms with E-state index in [-0.39, 0.29) is 23.7 Å². The normalized spacial score (nSPS) is 11.4. The van der Waals surface area contributed by atoms with Crippen molar-refractivity contribution in [3.05, 3.63) is 45.6 Å². The van der Waals surface area contributed by atoms with E-state index in [4.69, 9.17) is 4.74 Å². The van der Waals surface area contributed by atoms with E-state index >= 15 is 0 Å². The molecule has 0 saturated carbocycles. The van der Waals surface area contributed by atoms with Crippen molar-refractivity contribution in [3.63, 3.8) is 0 Å². The zero-order chi connectivity index (χ0) is 17.4. The van der Waals surface area contributed by atoms with Gasteiger partial charge in [0.15, 0.2) is 5.65 Å². The molecule has 0 radical (unpaired) electrons. The minimum atomic E-state index is -2.90. The van der Waals surface area contributed by atoms with Gasteiger partial charge in [-0.3, -0.25) is 9.78 Å². The van der Waals surface area contributed by atoms with Gasteiger partial charge in [0.2, 0.25) is 0 Å². The molecular weight excluding hydrogens is 325 g/mol. The summed E-state index contributed by atoms with van der Waals surface area (Å²) in [6.07, 6.45) is -1.73. The fraction of sp³-hybridized carbons (Fsp3) is 0.267. The lowest BCUT2D eigenvalue weighted by atomic mass is 10.1. The molecule has 0 spiro atoms. The molecule has 0 atom stereocenters. The molecule has 0 aliphatic rings. The first-order chi connectivity index (χ1) is 11.4. The van der Waals surface area contributed by atoms with Crippen molar-refractivity contribution < 1.29 is 17.9 Å². The predicted octanol–water partition coefficient (Wildman–Crippen LogP) is 2.89. The van der Waals surface area contributed by atoms with Crippen LogP contribution in [0.5, 0.6) is 6.01 Å². The van der Waals surface area contributed by atoms with Crippen LogP contribution >= 0.6 is 0 Å². The van der Waals surface area contributed by atoms with E-state index in [0.717, 1.165) is 16.9 Å². The molecule has 9 heteroatoms. The Balaban J connectivity index is 2.24. The average molecular weight is 338 g/mol. The summed E-state index contributed by atoms with van der Waals surface area (Å²) in [7, 11) is 0. The number of aromatic amines is 1. The number of alkyl halides is 2. The molecule has 3 aromatic rings. The number of aromatic nitrogens is 4. The van der Waals surface area contributed by atoms with Gasteiger partial charge in [-0.25, -0.2) is 17.9 Å². The number of fused-ring (bicyclic) bond motifs is 1. The Morgan fingerprint density at radius 2 is 2.12 bits per heavy atom. The van der Waals surface area contributed by atoms with Crippen LogP contribution in [-0.4, -0.2) is 26.4 Å². The average Bonchev–Trinajstić information content (AvgIpc) is 2.90. The van der Waals surface area contributed by atoms with E-state index in [2.05, 4.69) is 15.1 Å². The van der Waals surface area contributed by atoms with Gasteiger partial charge in [-0.2, -0.15) is 4.98 Å². The monoisotopic (exact) mass is 338 g/mol. The van der Waals surface area contributed by atoms with Crippen molar-refractivity contribution >= 4 is 11.0 Å². The van der Waals surface area contributed by atoms with Gasteiger partial charge in [-0.05, 0) is 31.5 Å². The molecule has 2 aromatic heterocycles. The minimum Gasteiger partial charge on any atom is -0.465 e. The highest BCUT2D eigenvalue weighted by atomic mass is 19.3. The first kappa shape index (κ1) is 16.0. The summed E-state index contributed by atoms with van der Waals surface area (Å²) in [5, 5.41) is 3.99. The zero-order valence-corrected chi connectivity index (χ0v) is 12.8. The number of nitrogens with zero attached hydrogens (tertiary/aromatic N) is 3. The van der Waals surface area contributed by atoms with Crippen molar-refractivity contribution in [2.24, 2.45) is 0 Å². The molecule has 0 bridgehead atoms. The second kappa shape index (κ2) is 5.99. The number of aryl methyl sites for hydroxylation is 1. The van der Waals surface area contributed by atoms with Crippen LogP contribution in [0, 0.1) is 12.7 Å². The number of halogens is 3. The van der Waals surface area contributed by atoms with Crippen LogP contribution in [0.4, 0.5) is 13.2 Å². The molecule has 0 amide bonds. The molecule has 0 aliphatic carbocycles. The summed E-state index contributed by atoms with van der Waals surface area (Å²) in [6, 6.07) is 2.26. The summed E-state index contributed by atoms with van der Waals surface area (Å²) >= 11 is 0. The Morgan fingerprint density at radius 1 is 1.38 bits per heavy atom. The lowest BCUT2D eigenvalue weighted by molar-refractivity contribution is 0.150. The number of rotatable bonds is 4. The number of hydrogen-bond donors (Lipinski definition) is 1. The Labute approximate surface area is 133 Å². The molecule has 0 aliphatic heterocycles. The third kappa shape index (κ3) is 2.72. The number of benzene rings is 1. The quantitative estimate of drug-likeness (QED) is 0.794. The topological polar surface area (TPSA) is 72.8 Å². The van der Waals surface area contributed by atoms with Crippen LogP contribution in [0.2, 0.25) is 0 Å². The number of H-pyrrole nitrogens is 1. The van der Waals surface area contributed by atoms with E-state index in [9.17, 15) is 18.0 Å². The fourth-order valence-electron chi connectivity index (χ4n) is 2.39. The molecule has 6 nitrogen and oxygen atoms in total. The van der Waals surface area contributed by atoms with Gasteiger partial charge in [-0.15, -0.1) is 5.10 Å². The lowest BCUT2D eigenvalue weighted by Gasteiger charge is -2.11. The van der Waals surface area contributed by atoms with Crippen LogP contribution in [0.1, 0.15) is 24.5 Å². The van der Waals surface area contributed by atoms with Gasteiger partial charge in [0, 0.05) is 11.8 Å². The highest BCUT2D eigenvalue weighted by molar-refractivity contribution is 5.73. The molecule has 2 heterocycles. The van der Waals surface area contributed by atoms with Crippen LogP contribution in [-0.2, 0) is 0 Å². The van der Waals surface area contributed by atoms with Gasteiger partial charge in [0.05, 0.1) is 6.61 Å². The largest absolute Gasteiger partial charge is 0.465 e. The highest BCUT2D eigenvalue weighted by Gasteiger charge is 2.21. The molecule has 0 fully saturated rings. The third-order valence-electron chi connectivity index (χ3n) is 3.35. The summed E-state index contributed by atoms with van der Waals surface area (Å²) in [6.45, 7) is 3.50. The summed E-state index contributed by atoms with van der Waals surface area (Å²) < 4.78 is 46.8. The Hall–Kier alpha value is -2.84. The van der Waals surface area contributed by atoms with E-state index in [1.54, 1.807) is 6.92 Å². The van der Waals surface area contributed by atoms with Crippen molar-refractivity contribution in [2.45, 2.75) is 20.3 Å². The van der Waals surface area contributed by atoms with E-state index in [1.807, 2.05) is 0 Å². The van der Waals surface area contributed by atoms with E-state index in [1.165, 1.54) is 13.0 Å². The number of nitrogens with one attached hydrogen (secondary N) is 1. The zero-order valence-electron chi connectivity index (χ0n) is 12.8. The standard InChI is InChI=1S/C15H13F3N4O2/c1-3-24-15-19-13-9(14(23)20-15)6-22(21-13)11-8(12(17)18)4-7(2)5-10(11)16/h4-6,12H,3H2,1-2H3,(H,19,20,21,23). The smallest absolute Gasteiger partial charge is 0.298 e. The van der Waals surface area contributed by atoms with Crippen molar-refractivity contribution in [1.82, 2.24) is 19.7 Å². The second-order valence-corrected chi connectivity index (χ2v) is 5.10. The second-order valence-electron chi connectivity index (χ2n) is 5.10. The minimum absolute atomic E-state index is 0.0256. The molecule has 0 saturated heterocycles. The lowest BCUT2D eigenvalue weighted by Crippen LogP contribution is -2.09. The summed E-state index contributed by atoms with van der Waals surface area (Å²) in [5.74, 6) is -0.862. The van der Waals surface area contributed by atoms with Gasteiger partial charge in [-0.1, -0.05) is 0 Å². The van der Waals surface area contributed by atoms with Crippen molar-refractivity contribution in [1.29, 1.82) is 0 Å². The van der Waals surface area contributed by atoms with Gasteiger partial charge < -0.3 is 4.74 Å². The maximum atomic E-state index is 14.3. The SMILES string of the molecule is CCOc1nc2nn(-c3c(F)cc(C)cc3C(F)F)cc2c(=O)[nH]1. The molecular formula is C15H13F3N4O2.